The molecule has 0 N–H and O–H groups in total. The Morgan fingerprint density at radius 2 is 1.15 bits per heavy atom. The Bertz CT molecular complexity index is 3110. The van der Waals surface area contributed by atoms with Gasteiger partial charge in [0.05, 0.1) is 11.4 Å². The van der Waals surface area contributed by atoms with E-state index in [0.29, 0.717) is 0 Å². The maximum absolute atomic E-state index is 6.70. The lowest BCUT2D eigenvalue weighted by atomic mass is 9.89. The van der Waals surface area contributed by atoms with E-state index in [2.05, 4.69) is 200 Å². The summed E-state index contributed by atoms with van der Waals surface area (Å²) in [7, 11) is 0. The second kappa shape index (κ2) is 12.7. The summed E-state index contributed by atoms with van der Waals surface area (Å²) in [4.78, 5) is 2.49. The van der Waals surface area contributed by atoms with Crippen molar-refractivity contribution in [2.75, 3.05) is 4.90 Å². The molecule has 0 aliphatic carbocycles. The zero-order valence-corrected chi connectivity index (χ0v) is 31.1. The van der Waals surface area contributed by atoms with Crippen molar-refractivity contribution < 1.29 is 4.74 Å². The molecule has 0 radical (unpaired) electrons. The monoisotopic (exact) mass is 721 g/mol. The second-order valence-electron chi connectivity index (χ2n) is 14.4. The molecule has 2 nitrogen and oxygen atoms in total. The predicted octanol–water partition coefficient (Wildman–Crippen LogP) is 15.3. The van der Waals surface area contributed by atoms with Crippen LogP contribution in [0.1, 0.15) is 18.6 Å². The second-order valence-corrected chi connectivity index (χ2v) is 15.5. The van der Waals surface area contributed by atoms with Crippen LogP contribution in [-0.4, -0.2) is 0 Å². The lowest BCUT2D eigenvalue weighted by Gasteiger charge is -2.35. The summed E-state index contributed by atoms with van der Waals surface area (Å²) in [6.45, 7) is 2.18. The molecule has 2 heterocycles. The molecule has 1 aliphatic heterocycles. The van der Waals surface area contributed by atoms with E-state index in [1.807, 2.05) is 11.3 Å². The van der Waals surface area contributed by atoms with E-state index in [4.69, 9.17) is 4.74 Å². The fourth-order valence-electron chi connectivity index (χ4n) is 8.75. The molecule has 3 heteroatoms. The van der Waals surface area contributed by atoms with Crippen LogP contribution in [-0.2, 0) is 0 Å². The Balaban J connectivity index is 1.23. The average Bonchev–Trinajstić information content (AvgIpc) is 3.62. The summed E-state index contributed by atoms with van der Waals surface area (Å²) in [5, 5.41) is 7.59. The van der Waals surface area contributed by atoms with Crippen molar-refractivity contribution in [3.05, 3.63) is 194 Å². The molecule has 0 bridgehead atoms. The van der Waals surface area contributed by atoms with E-state index in [0.717, 1.165) is 33.9 Å². The smallest absolute Gasteiger partial charge is 0.128 e. The van der Waals surface area contributed by atoms with E-state index in [9.17, 15) is 0 Å². The SMILES string of the molecule is C[C@H]1Oc2ccccc2-c2cccc(N(c3ccc4c(c3)sc3ccccc34)c3cc(-c4cc5ccccc5c5ccccc45)ccc3-c3ccccc3)c21. The minimum atomic E-state index is -0.163. The van der Waals surface area contributed by atoms with Crippen molar-refractivity contribution in [3.8, 4) is 39.1 Å². The Morgan fingerprint density at radius 3 is 2.04 bits per heavy atom. The number of hydrogen-bond acceptors (Lipinski definition) is 3. The van der Waals surface area contributed by atoms with Gasteiger partial charge < -0.3 is 9.64 Å². The molecule has 0 saturated heterocycles. The van der Waals surface area contributed by atoms with Crippen LogP contribution in [0, 0.1) is 0 Å². The quantitative estimate of drug-likeness (QED) is 0.164. The largest absolute Gasteiger partial charge is 0.485 e. The van der Waals surface area contributed by atoms with E-state index in [-0.39, 0.29) is 6.10 Å². The molecule has 55 heavy (non-hydrogen) atoms. The number of nitrogens with zero attached hydrogens (tertiary/aromatic N) is 1. The number of rotatable bonds is 5. The zero-order chi connectivity index (χ0) is 36.5. The Morgan fingerprint density at radius 1 is 0.436 bits per heavy atom. The average molecular weight is 722 g/mol. The summed E-state index contributed by atoms with van der Waals surface area (Å²) in [6.07, 6.45) is -0.163. The zero-order valence-electron chi connectivity index (χ0n) is 30.2. The number of fused-ring (bicyclic) bond motifs is 9. The molecule has 0 amide bonds. The summed E-state index contributed by atoms with van der Waals surface area (Å²) in [5.74, 6) is 0.924. The first-order chi connectivity index (χ1) is 27.2. The minimum Gasteiger partial charge on any atom is -0.485 e. The molecule has 0 spiro atoms. The molecule has 0 unspecified atom stereocenters. The maximum atomic E-state index is 6.70. The number of thiophene rings is 1. The minimum absolute atomic E-state index is 0.163. The van der Waals surface area contributed by atoms with Gasteiger partial charge in [-0.05, 0) is 93.2 Å². The van der Waals surface area contributed by atoms with Crippen LogP contribution in [0.3, 0.4) is 0 Å². The fourth-order valence-corrected chi connectivity index (χ4v) is 9.89. The maximum Gasteiger partial charge on any atom is 0.128 e. The van der Waals surface area contributed by atoms with Crippen molar-refractivity contribution in [2.45, 2.75) is 13.0 Å². The predicted molar refractivity (Wildman–Crippen MR) is 234 cm³/mol. The van der Waals surface area contributed by atoms with Crippen LogP contribution in [0.25, 0.3) is 75.1 Å². The number of ether oxygens (including phenoxy) is 1. The van der Waals surface area contributed by atoms with Gasteiger partial charge in [0.2, 0.25) is 0 Å². The van der Waals surface area contributed by atoms with Gasteiger partial charge in [-0.1, -0.05) is 146 Å². The highest BCUT2D eigenvalue weighted by Gasteiger charge is 2.30. The van der Waals surface area contributed by atoms with Crippen molar-refractivity contribution in [1.29, 1.82) is 0 Å². The van der Waals surface area contributed by atoms with Crippen LogP contribution >= 0.6 is 11.3 Å². The number of anilines is 3. The summed E-state index contributed by atoms with van der Waals surface area (Å²) in [6, 6.07) is 68.6. The van der Waals surface area contributed by atoms with Crippen LogP contribution in [0.4, 0.5) is 17.1 Å². The molecule has 1 aromatic heterocycles. The Labute approximate surface area is 324 Å². The standard InChI is InChI=1S/C52H35NOS/c1-33-52-45(42-20-9-11-24-49(42)54-33)22-13-23-47(52)53(37-27-29-44-43-21-10-12-25-50(43)55-51(44)32-37)48-31-36(26-28-39(48)34-14-3-2-4-15-34)46-30-35-16-5-6-17-38(35)40-18-7-8-19-41(40)46/h2-33H,1H3/t33-/m1/s1. The van der Waals surface area contributed by atoms with Crippen molar-refractivity contribution in [2.24, 2.45) is 0 Å². The van der Waals surface area contributed by atoms with Gasteiger partial charge in [0.1, 0.15) is 11.9 Å². The highest BCUT2D eigenvalue weighted by Crippen LogP contribution is 2.52. The van der Waals surface area contributed by atoms with Crippen molar-refractivity contribution in [1.82, 2.24) is 0 Å². The molecule has 11 rings (SSSR count). The van der Waals surface area contributed by atoms with Gasteiger partial charge in [-0.25, -0.2) is 0 Å². The van der Waals surface area contributed by atoms with Crippen molar-refractivity contribution >= 4 is 70.1 Å². The lowest BCUT2D eigenvalue weighted by molar-refractivity contribution is 0.224. The van der Waals surface area contributed by atoms with Gasteiger partial charge in [-0.15, -0.1) is 11.3 Å². The van der Waals surface area contributed by atoms with E-state index < -0.39 is 0 Å². The number of benzene rings is 9. The summed E-state index contributed by atoms with van der Waals surface area (Å²) in [5.41, 5.74) is 11.6. The van der Waals surface area contributed by atoms with Crippen molar-refractivity contribution in [3.63, 3.8) is 0 Å². The third kappa shape index (κ3) is 5.15. The van der Waals surface area contributed by atoms with Gasteiger partial charge in [0.25, 0.3) is 0 Å². The summed E-state index contributed by atoms with van der Waals surface area (Å²) >= 11 is 1.86. The third-order valence-electron chi connectivity index (χ3n) is 11.2. The van der Waals surface area contributed by atoms with E-state index in [1.165, 1.54) is 69.5 Å². The first kappa shape index (κ1) is 31.8. The molecule has 260 valence electrons. The molecule has 1 aliphatic rings. The van der Waals surface area contributed by atoms with E-state index in [1.54, 1.807) is 0 Å². The molecule has 10 aromatic rings. The topological polar surface area (TPSA) is 12.5 Å². The van der Waals surface area contributed by atoms with Crippen LogP contribution in [0.5, 0.6) is 5.75 Å². The highest BCUT2D eigenvalue weighted by molar-refractivity contribution is 7.25. The summed E-state index contributed by atoms with van der Waals surface area (Å²) < 4.78 is 9.27. The Kier molecular flexibility index (Phi) is 7.36. The highest BCUT2D eigenvalue weighted by atomic mass is 32.1. The molecular weight excluding hydrogens is 687 g/mol. The first-order valence-corrected chi connectivity index (χ1v) is 19.7. The van der Waals surface area contributed by atoms with Crippen LogP contribution in [0.15, 0.2) is 188 Å². The van der Waals surface area contributed by atoms with Crippen LogP contribution in [0.2, 0.25) is 0 Å². The molecule has 0 fully saturated rings. The van der Waals surface area contributed by atoms with Gasteiger partial charge >= 0.3 is 0 Å². The van der Waals surface area contributed by atoms with Gasteiger partial charge in [-0.3, -0.25) is 0 Å². The molecule has 1 atom stereocenters. The molecular formula is C52H35NOS. The molecule has 9 aromatic carbocycles. The van der Waals surface area contributed by atoms with Gasteiger partial charge in [-0.2, -0.15) is 0 Å². The van der Waals surface area contributed by atoms with Crippen LogP contribution < -0.4 is 9.64 Å². The first-order valence-electron chi connectivity index (χ1n) is 18.9. The normalized spacial score (nSPS) is 13.5. The van der Waals surface area contributed by atoms with Gasteiger partial charge in [0, 0.05) is 42.6 Å². The van der Waals surface area contributed by atoms with Gasteiger partial charge in [0.15, 0.2) is 0 Å². The molecule has 0 saturated carbocycles. The number of hydrogen-bond donors (Lipinski definition) is 0. The Hall–Kier alpha value is -6.68. The third-order valence-corrected chi connectivity index (χ3v) is 12.4. The fraction of sp³-hybridized carbons (Fsp3) is 0.0385. The van der Waals surface area contributed by atoms with E-state index >= 15 is 0 Å². The lowest BCUT2D eigenvalue weighted by Crippen LogP contribution is -2.18. The number of para-hydroxylation sites is 1.